The van der Waals surface area contributed by atoms with Crippen LogP contribution in [0.3, 0.4) is 0 Å². The van der Waals surface area contributed by atoms with E-state index in [0.29, 0.717) is 35.6 Å². The Morgan fingerprint density at radius 3 is 2.41 bits per heavy atom. The summed E-state index contributed by atoms with van der Waals surface area (Å²) in [5.41, 5.74) is 1.99. The second-order valence-electron chi connectivity index (χ2n) is 9.98. The average molecular weight is 582 g/mol. The number of piperazine rings is 1. The van der Waals surface area contributed by atoms with Gasteiger partial charge in [0.05, 0.1) is 28.2 Å². The molecule has 0 spiro atoms. The number of rotatable bonds is 7. The smallest absolute Gasteiger partial charge is 0.291 e. The zero-order valence-corrected chi connectivity index (χ0v) is 23.7. The van der Waals surface area contributed by atoms with Crippen LogP contribution in [0.15, 0.2) is 42.7 Å². The lowest BCUT2D eigenvalue weighted by Gasteiger charge is -2.34. The molecule has 1 aliphatic rings. The van der Waals surface area contributed by atoms with E-state index in [4.69, 9.17) is 11.6 Å². The quantitative estimate of drug-likeness (QED) is 0.315. The van der Waals surface area contributed by atoms with E-state index >= 15 is 8.78 Å². The number of nitrogens with one attached hydrogen (secondary N) is 2. The summed E-state index contributed by atoms with van der Waals surface area (Å²) in [6, 6.07) is 7.60. The molecule has 0 atom stereocenters. The third-order valence-corrected chi connectivity index (χ3v) is 7.64. The number of imidazole rings is 1. The number of halogens is 3. The standard InChI is InChI=1S/C29H30ClF2N7O2/c1-4-9-38-10-12-39(13-11-38)29(41)20-6-5-18(14-23(20)30)35-28(40)27-33-16-24(37(27)3)21-8-7-19(25(31)26(21)32)22-15-34-36-17(22)2/h5-8,14-16H,4,9-13H2,1-3H3,(H,34,36)(H,35,40). The molecule has 2 N–H and O–H groups in total. The SMILES string of the molecule is CCCN1CCN(C(=O)c2ccc(NC(=O)c3ncc(-c4ccc(-c5c[nH]nc5C)c(F)c4F)n3C)cc2Cl)CC1. The number of anilines is 1. The lowest BCUT2D eigenvalue weighted by Crippen LogP contribution is -2.48. The minimum absolute atomic E-state index is 0.0178. The van der Waals surface area contributed by atoms with Gasteiger partial charge in [0.2, 0.25) is 0 Å². The summed E-state index contributed by atoms with van der Waals surface area (Å²) in [4.78, 5) is 34.3. The first-order chi connectivity index (χ1) is 19.7. The zero-order valence-electron chi connectivity index (χ0n) is 23.0. The Hall–Kier alpha value is -4.09. The molecule has 9 nitrogen and oxygen atoms in total. The van der Waals surface area contributed by atoms with E-state index in [0.717, 1.165) is 26.1 Å². The van der Waals surface area contributed by atoms with Crippen LogP contribution in [0, 0.1) is 18.6 Å². The van der Waals surface area contributed by atoms with E-state index < -0.39 is 17.5 Å². The highest BCUT2D eigenvalue weighted by atomic mass is 35.5. The van der Waals surface area contributed by atoms with Gasteiger partial charge in [-0.05, 0) is 44.2 Å². The van der Waals surface area contributed by atoms with Crippen LogP contribution in [-0.2, 0) is 7.05 Å². The maximum absolute atomic E-state index is 15.1. The number of aromatic amines is 1. The van der Waals surface area contributed by atoms with E-state index in [1.54, 1.807) is 24.0 Å². The van der Waals surface area contributed by atoms with Gasteiger partial charge >= 0.3 is 0 Å². The summed E-state index contributed by atoms with van der Waals surface area (Å²) in [6.07, 6.45) is 3.88. The number of aryl methyl sites for hydroxylation is 1. The summed E-state index contributed by atoms with van der Waals surface area (Å²) in [5, 5.41) is 9.53. The van der Waals surface area contributed by atoms with E-state index in [-0.39, 0.29) is 33.6 Å². The third-order valence-electron chi connectivity index (χ3n) is 7.33. The number of benzene rings is 2. The Bertz CT molecular complexity index is 1610. The molecule has 0 radical (unpaired) electrons. The van der Waals surface area contributed by atoms with Gasteiger partial charge in [0.15, 0.2) is 17.5 Å². The first-order valence-electron chi connectivity index (χ1n) is 13.3. The molecule has 1 fully saturated rings. The van der Waals surface area contributed by atoms with Crippen LogP contribution in [0.2, 0.25) is 5.02 Å². The molecule has 0 bridgehead atoms. The van der Waals surface area contributed by atoms with Crippen molar-refractivity contribution in [2.45, 2.75) is 20.3 Å². The van der Waals surface area contributed by atoms with Crippen LogP contribution in [0.5, 0.6) is 0 Å². The maximum atomic E-state index is 15.1. The topological polar surface area (TPSA) is 99.1 Å². The summed E-state index contributed by atoms with van der Waals surface area (Å²) < 4.78 is 31.5. The number of hydrogen-bond donors (Lipinski definition) is 2. The predicted octanol–water partition coefficient (Wildman–Crippen LogP) is 5.14. The normalized spacial score (nSPS) is 14.0. The zero-order chi connectivity index (χ0) is 29.3. The van der Waals surface area contributed by atoms with Gasteiger partial charge in [0.25, 0.3) is 11.8 Å². The molecule has 2 aromatic carbocycles. The van der Waals surface area contributed by atoms with E-state index in [1.807, 2.05) is 0 Å². The molecule has 0 saturated carbocycles. The lowest BCUT2D eigenvalue weighted by molar-refractivity contribution is 0.0637. The number of amides is 2. The van der Waals surface area contributed by atoms with Gasteiger partial charge in [-0.2, -0.15) is 5.10 Å². The highest BCUT2D eigenvalue weighted by Gasteiger charge is 2.25. The Morgan fingerprint density at radius 1 is 1.05 bits per heavy atom. The molecule has 0 aliphatic carbocycles. The minimum Gasteiger partial charge on any atom is -0.336 e. The fraction of sp³-hybridized carbons (Fsp3) is 0.310. The molecule has 2 amide bonds. The van der Waals surface area contributed by atoms with Crippen molar-refractivity contribution >= 4 is 29.1 Å². The van der Waals surface area contributed by atoms with Gasteiger partial charge in [-0.1, -0.05) is 24.6 Å². The Labute approximate surface area is 241 Å². The third kappa shape index (κ3) is 5.59. The van der Waals surface area contributed by atoms with E-state index in [9.17, 15) is 9.59 Å². The predicted molar refractivity (Wildman–Crippen MR) is 153 cm³/mol. The Kier molecular flexibility index (Phi) is 8.18. The fourth-order valence-electron chi connectivity index (χ4n) is 5.07. The molecular formula is C29H30ClF2N7O2. The summed E-state index contributed by atoms with van der Waals surface area (Å²) >= 11 is 6.45. The van der Waals surface area contributed by atoms with Crippen molar-refractivity contribution < 1.29 is 18.4 Å². The molecule has 12 heteroatoms. The summed E-state index contributed by atoms with van der Waals surface area (Å²) in [7, 11) is 1.54. The van der Waals surface area contributed by atoms with Crippen molar-refractivity contribution in [2.24, 2.45) is 7.05 Å². The minimum atomic E-state index is -1.06. The van der Waals surface area contributed by atoms with Crippen LogP contribution >= 0.6 is 11.6 Å². The number of nitrogens with zero attached hydrogens (tertiary/aromatic N) is 5. The highest BCUT2D eigenvalue weighted by Crippen LogP contribution is 2.32. The Balaban J connectivity index is 1.30. The molecular weight excluding hydrogens is 552 g/mol. The van der Waals surface area contributed by atoms with Gasteiger partial charge in [-0.15, -0.1) is 0 Å². The molecule has 214 valence electrons. The van der Waals surface area contributed by atoms with Crippen molar-refractivity contribution in [3.8, 4) is 22.4 Å². The second-order valence-corrected chi connectivity index (χ2v) is 10.4. The van der Waals surface area contributed by atoms with Crippen molar-refractivity contribution in [1.29, 1.82) is 0 Å². The maximum Gasteiger partial charge on any atom is 0.291 e. The number of aromatic nitrogens is 4. The number of H-pyrrole nitrogens is 1. The fourth-order valence-corrected chi connectivity index (χ4v) is 5.33. The molecule has 1 aliphatic heterocycles. The van der Waals surface area contributed by atoms with Gasteiger partial charge in [0.1, 0.15) is 0 Å². The summed E-state index contributed by atoms with van der Waals surface area (Å²) in [5.74, 6) is -2.83. The van der Waals surface area contributed by atoms with Gasteiger partial charge in [-0.25, -0.2) is 13.8 Å². The monoisotopic (exact) mass is 581 g/mol. The molecule has 4 aromatic rings. The highest BCUT2D eigenvalue weighted by molar-refractivity contribution is 6.34. The van der Waals surface area contributed by atoms with Gasteiger partial charge in [-0.3, -0.25) is 19.6 Å². The van der Waals surface area contributed by atoms with Crippen molar-refractivity contribution in [1.82, 2.24) is 29.5 Å². The lowest BCUT2D eigenvalue weighted by atomic mass is 10.0. The van der Waals surface area contributed by atoms with E-state index in [1.165, 1.54) is 42.2 Å². The number of carbonyl (C=O) groups excluding carboxylic acids is 2. The van der Waals surface area contributed by atoms with Crippen molar-refractivity contribution in [3.05, 3.63) is 76.5 Å². The first-order valence-corrected chi connectivity index (χ1v) is 13.7. The van der Waals surface area contributed by atoms with E-state index in [2.05, 4.69) is 32.3 Å². The van der Waals surface area contributed by atoms with Crippen LogP contribution < -0.4 is 5.32 Å². The first kappa shape index (κ1) is 28.4. The van der Waals surface area contributed by atoms with Crippen molar-refractivity contribution in [3.63, 3.8) is 0 Å². The average Bonchev–Trinajstić information content (AvgIpc) is 3.55. The molecule has 1 saturated heterocycles. The van der Waals surface area contributed by atoms with Crippen LogP contribution in [-0.4, -0.2) is 74.1 Å². The Morgan fingerprint density at radius 2 is 1.76 bits per heavy atom. The summed E-state index contributed by atoms with van der Waals surface area (Å²) in [6.45, 7) is 7.74. The molecule has 2 aromatic heterocycles. The van der Waals surface area contributed by atoms with Gasteiger partial charge < -0.3 is 14.8 Å². The van der Waals surface area contributed by atoms with Crippen LogP contribution in [0.4, 0.5) is 14.5 Å². The van der Waals surface area contributed by atoms with Crippen LogP contribution in [0.25, 0.3) is 22.4 Å². The van der Waals surface area contributed by atoms with Gasteiger partial charge in [0, 0.05) is 61.8 Å². The molecule has 41 heavy (non-hydrogen) atoms. The molecule has 3 heterocycles. The second kappa shape index (κ2) is 11.8. The largest absolute Gasteiger partial charge is 0.336 e. The van der Waals surface area contributed by atoms with Crippen molar-refractivity contribution in [2.75, 3.05) is 38.0 Å². The number of carbonyl (C=O) groups is 2. The molecule has 5 rings (SSSR count). The van der Waals surface area contributed by atoms with Crippen LogP contribution in [0.1, 0.15) is 40.0 Å². The number of hydrogen-bond acceptors (Lipinski definition) is 5. The molecule has 0 unspecified atom stereocenters.